The number of hydrogen-bond acceptors (Lipinski definition) is 3. The molecule has 4 heteroatoms. The largest absolute Gasteiger partial charge is 0.315 e. The first-order valence-corrected chi connectivity index (χ1v) is 7.74. The Balaban J connectivity index is 4.31. The van der Waals surface area contributed by atoms with Crippen LogP contribution >= 0.6 is 0 Å². The fraction of sp³-hybridized carbons (Fsp3) is 1.00. The minimum Gasteiger partial charge on any atom is -0.315 e. The Morgan fingerprint density at radius 2 is 1.44 bits per heavy atom. The lowest BCUT2D eigenvalue weighted by Crippen LogP contribution is -2.39. The molecule has 2 unspecified atom stereocenters. The van der Waals surface area contributed by atoms with Gasteiger partial charge in [-0.05, 0) is 32.2 Å². The molecule has 0 spiro atoms. The third-order valence-electron chi connectivity index (χ3n) is 3.00. The van der Waals surface area contributed by atoms with Crippen molar-refractivity contribution in [3.8, 4) is 0 Å². The van der Waals surface area contributed by atoms with Crippen molar-refractivity contribution in [3.63, 3.8) is 0 Å². The molecule has 3 nitrogen and oxygen atoms in total. The van der Waals surface area contributed by atoms with Gasteiger partial charge in [-0.15, -0.1) is 0 Å². The minimum absolute atomic E-state index is 0.178. The number of hydrogen-bond donors (Lipinski definition) is 1. The van der Waals surface area contributed by atoms with Crippen LogP contribution in [0.1, 0.15) is 41.5 Å². The normalized spacial score (nSPS) is 16.8. The van der Waals surface area contributed by atoms with Crippen LogP contribution in [0.4, 0.5) is 0 Å². The van der Waals surface area contributed by atoms with Gasteiger partial charge in [-0.2, -0.15) is 0 Å². The van der Waals surface area contributed by atoms with Crippen molar-refractivity contribution >= 4 is 9.84 Å². The highest BCUT2D eigenvalue weighted by Crippen LogP contribution is 2.16. The highest BCUT2D eigenvalue weighted by atomic mass is 32.2. The lowest BCUT2D eigenvalue weighted by atomic mass is 10.2. The lowest BCUT2D eigenvalue weighted by Gasteiger charge is -2.22. The Bertz CT molecular complexity index is 283. The molecule has 0 bridgehead atoms. The van der Waals surface area contributed by atoms with Crippen molar-refractivity contribution in [2.75, 3.05) is 13.1 Å². The molecule has 0 saturated carbocycles. The van der Waals surface area contributed by atoms with Gasteiger partial charge in [0.2, 0.25) is 0 Å². The summed E-state index contributed by atoms with van der Waals surface area (Å²) in [4.78, 5) is 0. The van der Waals surface area contributed by atoms with Gasteiger partial charge in [0.25, 0.3) is 0 Å². The zero-order chi connectivity index (χ0) is 12.9. The summed E-state index contributed by atoms with van der Waals surface area (Å²) < 4.78 is 24.2. The van der Waals surface area contributed by atoms with Crippen LogP contribution in [-0.4, -0.2) is 32.0 Å². The van der Waals surface area contributed by atoms with Gasteiger partial charge in [-0.1, -0.05) is 27.7 Å². The second-order valence-electron chi connectivity index (χ2n) is 5.40. The summed E-state index contributed by atoms with van der Waals surface area (Å²) in [6.45, 7) is 13.2. The first-order valence-electron chi connectivity index (χ1n) is 6.13. The first-order chi connectivity index (χ1) is 7.19. The monoisotopic (exact) mass is 249 g/mol. The van der Waals surface area contributed by atoms with Gasteiger partial charge in [0, 0.05) is 6.54 Å². The van der Waals surface area contributed by atoms with Crippen LogP contribution in [0.25, 0.3) is 0 Å². The van der Waals surface area contributed by atoms with Crippen molar-refractivity contribution in [2.24, 2.45) is 11.8 Å². The van der Waals surface area contributed by atoms with E-state index in [1.165, 1.54) is 0 Å². The summed E-state index contributed by atoms with van der Waals surface area (Å²) in [5, 5.41) is 2.64. The summed E-state index contributed by atoms with van der Waals surface area (Å²) >= 11 is 0. The van der Waals surface area contributed by atoms with Crippen LogP contribution in [0.3, 0.4) is 0 Å². The first kappa shape index (κ1) is 15.9. The quantitative estimate of drug-likeness (QED) is 0.751. The zero-order valence-electron chi connectivity index (χ0n) is 11.4. The number of sulfone groups is 1. The fourth-order valence-corrected chi connectivity index (χ4v) is 3.28. The maximum absolute atomic E-state index is 12.1. The third-order valence-corrected chi connectivity index (χ3v) is 5.87. The van der Waals surface area contributed by atoms with Crippen LogP contribution in [-0.2, 0) is 9.84 Å². The summed E-state index contributed by atoms with van der Waals surface area (Å²) in [7, 11) is -3.00. The Labute approximate surface area is 101 Å². The molecular weight excluding hydrogens is 222 g/mol. The van der Waals surface area contributed by atoms with E-state index in [1.54, 1.807) is 13.8 Å². The average Bonchev–Trinajstić information content (AvgIpc) is 2.15. The highest BCUT2D eigenvalue weighted by Gasteiger charge is 2.29. The van der Waals surface area contributed by atoms with Gasteiger partial charge in [0.1, 0.15) is 0 Å². The Morgan fingerprint density at radius 1 is 0.938 bits per heavy atom. The Morgan fingerprint density at radius 3 is 1.81 bits per heavy atom. The van der Waals surface area contributed by atoms with E-state index in [2.05, 4.69) is 19.2 Å². The molecule has 0 amide bonds. The molecule has 0 aliphatic heterocycles. The summed E-state index contributed by atoms with van der Waals surface area (Å²) in [5.74, 6) is 0.731. The van der Waals surface area contributed by atoms with E-state index in [9.17, 15) is 8.42 Å². The van der Waals surface area contributed by atoms with Gasteiger partial charge in [0.05, 0.1) is 10.5 Å². The molecule has 0 aromatic heterocycles. The van der Waals surface area contributed by atoms with E-state index >= 15 is 0 Å². The second-order valence-corrected chi connectivity index (χ2v) is 8.13. The molecular formula is C12H27NO2S. The SMILES string of the molecule is CC(C)CNCC(C)S(=O)(=O)C(C)C(C)C. The Hall–Kier alpha value is -0.0900. The molecule has 0 aromatic rings. The van der Waals surface area contributed by atoms with Gasteiger partial charge in [-0.3, -0.25) is 0 Å². The highest BCUT2D eigenvalue weighted by molar-refractivity contribution is 7.92. The molecule has 1 N–H and O–H groups in total. The predicted molar refractivity (Wildman–Crippen MR) is 70.4 cm³/mol. The topological polar surface area (TPSA) is 46.2 Å². The van der Waals surface area contributed by atoms with E-state index in [0.29, 0.717) is 12.5 Å². The van der Waals surface area contributed by atoms with Gasteiger partial charge < -0.3 is 5.32 Å². The van der Waals surface area contributed by atoms with E-state index in [-0.39, 0.29) is 16.4 Å². The molecule has 0 saturated heterocycles. The summed E-state index contributed by atoms with van der Waals surface area (Å²) in [5.41, 5.74) is 0. The standard InChI is InChI=1S/C12H27NO2S/c1-9(2)7-13-8-11(5)16(14,15)12(6)10(3)4/h9-13H,7-8H2,1-6H3. The van der Waals surface area contributed by atoms with Crippen molar-refractivity contribution < 1.29 is 8.42 Å². The number of rotatable bonds is 7. The molecule has 2 atom stereocenters. The molecule has 0 heterocycles. The van der Waals surface area contributed by atoms with Crippen LogP contribution < -0.4 is 5.32 Å². The van der Waals surface area contributed by atoms with Crippen molar-refractivity contribution in [1.82, 2.24) is 5.32 Å². The maximum atomic E-state index is 12.1. The van der Waals surface area contributed by atoms with Crippen LogP contribution in [0.2, 0.25) is 0 Å². The molecule has 98 valence electrons. The van der Waals surface area contributed by atoms with Gasteiger partial charge in [-0.25, -0.2) is 8.42 Å². The van der Waals surface area contributed by atoms with Crippen LogP contribution in [0, 0.1) is 11.8 Å². The fourth-order valence-electron chi connectivity index (χ4n) is 1.44. The second kappa shape index (κ2) is 6.60. The molecule has 0 aliphatic carbocycles. The van der Waals surface area contributed by atoms with Crippen molar-refractivity contribution in [2.45, 2.75) is 52.0 Å². The molecule has 16 heavy (non-hydrogen) atoms. The average molecular weight is 249 g/mol. The van der Waals surface area contributed by atoms with Crippen molar-refractivity contribution in [1.29, 1.82) is 0 Å². The molecule has 0 aliphatic rings. The zero-order valence-corrected chi connectivity index (χ0v) is 12.3. The predicted octanol–water partition coefficient (Wildman–Crippen LogP) is 2.08. The van der Waals surface area contributed by atoms with Crippen molar-refractivity contribution in [3.05, 3.63) is 0 Å². The van der Waals surface area contributed by atoms with Gasteiger partial charge >= 0.3 is 0 Å². The molecule has 0 radical (unpaired) electrons. The lowest BCUT2D eigenvalue weighted by molar-refractivity contribution is 0.514. The van der Waals surface area contributed by atoms with E-state index in [4.69, 9.17) is 0 Å². The maximum Gasteiger partial charge on any atom is 0.156 e. The smallest absolute Gasteiger partial charge is 0.156 e. The van der Waals surface area contributed by atoms with E-state index < -0.39 is 9.84 Å². The molecule has 0 aromatic carbocycles. The summed E-state index contributed by atoms with van der Waals surface area (Å²) in [6, 6.07) is 0. The minimum atomic E-state index is -3.00. The van der Waals surface area contributed by atoms with Crippen LogP contribution in [0.15, 0.2) is 0 Å². The van der Waals surface area contributed by atoms with Crippen LogP contribution in [0.5, 0.6) is 0 Å². The van der Waals surface area contributed by atoms with E-state index in [1.807, 2.05) is 13.8 Å². The molecule has 0 fully saturated rings. The van der Waals surface area contributed by atoms with E-state index in [0.717, 1.165) is 6.54 Å². The Kier molecular flexibility index (Phi) is 6.56. The molecule has 0 rings (SSSR count). The summed E-state index contributed by atoms with van der Waals surface area (Å²) in [6.07, 6.45) is 0. The van der Waals surface area contributed by atoms with Gasteiger partial charge in [0.15, 0.2) is 9.84 Å². The third kappa shape index (κ3) is 4.83. The number of nitrogens with one attached hydrogen (secondary N) is 1.